The summed E-state index contributed by atoms with van der Waals surface area (Å²) in [5.74, 6) is 2.89. The van der Waals surface area contributed by atoms with E-state index in [4.69, 9.17) is 0 Å². The maximum absolute atomic E-state index is 12.7. The predicted octanol–water partition coefficient (Wildman–Crippen LogP) is 3.62. The van der Waals surface area contributed by atoms with Crippen LogP contribution in [0.2, 0.25) is 0 Å². The molecule has 0 aliphatic carbocycles. The van der Waals surface area contributed by atoms with Crippen molar-refractivity contribution in [2.24, 2.45) is 7.05 Å². The molecule has 0 amide bonds. The molecule has 10 heteroatoms. The van der Waals surface area contributed by atoms with Crippen LogP contribution in [0.25, 0.3) is 0 Å². The molecule has 0 aliphatic heterocycles. The van der Waals surface area contributed by atoms with Crippen LogP contribution in [0.3, 0.4) is 0 Å². The van der Waals surface area contributed by atoms with Gasteiger partial charge in [0.2, 0.25) is 0 Å². The molecule has 0 saturated carbocycles. The molecule has 0 spiro atoms. The number of nitrogens with zero attached hydrogens (tertiary/aromatic N) is 4. The summed E-state index contributed by atoms with van der Waals surface area (Å²) in [6.45, 7) is 8.53. The van der Waals surface area contributed by atoms with Crippen molar-refractivity contribution in [1.29, 1.82) is 0 Å². The number of imidazole rings is 1. The summed E-state index contributed by atoms with van der Waals surface area (Å²) in [6.07, 6.45) is 1.52. The fourth-order valence-electron chi connectivity index (χ4n) is 3.00. The van der Waals surface area contributed by atoms with Crippen LogP contribution in [0.15, 0.2) is 41.6 Å². The molecule has 0 bridgehead atoms. The molecule has 0 atom stereocenters. The third-order valence-electron chi connectivity index (χ3n) is 4.29. The topological polar surface area (TPSA) is 114 Å². The molecular formula is C20H27N7O2S. The van der Waals surface area contributed by atoms with E-state index in [1.807, 2.05) is 33.8 Å². The zero-order valence-electron chi connectivity index (χ0n) is 17.8. The van der Waals surface area contributed by atoms with Crippen molar-refractivity contribution in [3.63, 3.8) is 0 Å². The van der Waals surface area contributed by atoms with Crippen molar-refractivity contribution in [1.82, 2.24) is 19.5 Å². The largest absolute Gasteiger partial charge is 0.370 e. The Morgan fingerprint density at radius 2 is 1.67 bits per heavy atom. The second-order valence-corrected chi connectivity index (χ2v) is 8.86. The first-order valence-corrected chi connectivity index (χ1v) is 11.2. The SMILES string of the molecule is CCNc1cc(Nc2ccc(NS(=O)(=O)c3cn(C)c(C(C)C)n3)cc2)nc(C)n1. The molecule has 0 unspecified atom stereocenters. The van der Waals surface area contributed by atoms with E-state index in [2.05, 4.69) is 30.3 Å². The van der Waals surface area contributed by atoms with Crippen LogP contribution in [-0.2, 0) is 17.1 Å². The number of nitrogens with one attached hydrogen (secondary N) is 3. The van der Waals surface area contributed by atoms with Gasteiger partial charge >= 0.3 is 0 Å². The van der Waals surface area contributed by atoms with Crippen molar-refractivity contribution in [2.75, 3.05) is 21.9 Å². The van der Waals surface area contributed by atoms with E-state index in [-0.39, 0.29) is 10.9 Å². The standard InChI is InChI=1S/C20H27N7O2S/c1-6-21-17-11-18(23-14(4)22-17)24-15-7-9-16(10-8-15)26-30(28,29)19-12-27(5)20(25-19)13(2)3/h7-13,26H,6H2,1-5H3,(H2,21,22,23,24). The van der Waals surface area contributed by atoms with Crippen LogP contribution in [-0.4, -0.2) is 34.5 Å². The van der Waals surface area contributed by atoms with Gasteiger partial charge < -0.3 is 15.2 Å². The Kier molecular flexibility index (Phi) is 6.25. The summed E-state index contributed by atoms with van der Waals surface area (Å²) >= 11 is 0. The number of hydrogen-bond donors (Lipinski definition) is 3. The molecule has 2 aromatic heterocycles. The monoisotopic (exact) mass is 429 g/mol. The fraction of sp³-hybridized carbons (Fsp3) is 0.350. The Balaban J connectivity index is 1.74. The average Bonchev–Trinajstić information content (AvgIpc) is 3.06. The zero-order chi connectivity index (χ0) is 21.9. The van der Waals surface area contributed by atoms with Gasteiger partial charge in [-0.25, -0.2) is 15.0 Å². The van der Waals surface area contributed by atoms with Gasteiger partial charge in [-0.1, -0.05) is 13.8 Å². The number of rotatable bonds is 8. The van der Waals surface area contributed by atoms with Crippen molar-refractivity contribution >= 4 is 33.0 Å². The number of aromatic nitrogens is 4. The predicted molar refractivity (Wildman–Crippen MR) is 119 cm³/mol. The minimum absolute atomic E-state index is 0.00307. The number of aryl methyl sites for hydroxylation is 2. The molecule has 1 aromatic carbocycles. The maximum atomic E-state index is 12.7. The second-order valence-electron chi connectivity index (χ2n) is 7.23. The van der Waals surface area contributed by atoms with Crippen LogP contribution in [0.1, 0.15) is 38.3 Å². The lowest BCUT2D eigenvalue weighted by Gasteiger charge is -2.10. The van der Waals surface area contributed by atoms with Gasteiger partial charge in [-0.15, -0.1) is 0 Å². The lowest BCUT2D eigenvalue weighted by atomic mass is 10.2. The highest BCUT2D eigenvalue weighted by Gasteiger charge is 2.20. The quantitative estimate of drug-likeness (QED) is 0.501. The van der Waals surface area contributed by atoms with Gasteiger partial charge in [0, 0.05) is 43.1 Å². The Morgan fingerprint density at radius 1 is 1.03 bits per heavy atom. The molecule has 3 N–H and O–H groups in total. The number of benzene rings is 1. The first-order valence-electron chi connectivity index (χ1n) is 9.70. The molecule has 30 heavy (non-hydrogen) atoms. The van der Waals surface area contributed by atoms with E-state index in [1.54, 1.807) is 35.9 Å². The van der Waals surface area contributed by atoms with E-state index >= 15 is 0 Å². The molecule has 0 fully saturated rings. The fourth-order valence-corrected chi connectivity index (χ4v) is 4.06. The summed E-state index contributed by atoms with van der Waals surface area (Å²) in [5, 5.41) is 6.37. The number of anilines is 4. The Labute approximate surface area is 177 Å². The van der Waals surface area contributed by atoms with Crippen molar-refractivity contribution in [3.8, 4) is 0 Å². The number of hydrogen-bond acceptors (Lipinski definition) is 7. The first-order chi connectivity index (χ1) is 14.2. The highest BCUT2D eigenvalue weighted by atomic mass is 32.2. The number of sulfonamides is 1. The van der Waals surface area contributed by atoms with Crippen LogP contribution >= 0.6 is 0 Å². The van der Waals surface area contributed by atoms with Gasteiger partial charge in [-0.05, 0) is 38.1 Å². The molecule has 0 saturated heterocycles. The van der Waals surface area contributed by atoms with E-state index in [0.29, 0.717) is 23.2 Å². The maximum Gasteiger partial charge on any atom is 0.280 e. The minimum atomic E-state index is -3.77. The van der Waals surface area contributed by atoms with Gasteiger partial charge in [-0.3, -0.25) is 4.72 Å². The first kappa shape index (κ1) is 21.6. The minimum Gasteiger partial charge on any atom is -0.370 e. The Morgan fingerprint density at radius 3 is 2.27 bits per heavy atom. The molecule has 9 nitrogen and oxygen atoms in total. The summed E-state index contributed by atoms with van der Waals surface area (Å²) in [4.78, 5) is 13.0. The average molecular weight is 430 g/mol. The molecule has 2 heterocycles. The van der Waals surface area contributed by atoms with E-state index in [9.17, 15) is 8.42 Å². The molecule has 0 radical (unpaired) electrons. The van der Waals surface area contributed by atoms with Gasteiger partial charge in [-0.2, -0.15) is 8.42 Å². The van der Waals surface area contributed by atoms with Crippen LogP contribution < -0.4 is 15.4 Å². The molecular weight excluding hydrogens is 402 g/mol. The second kappa shape index (κ2) is 8.70. The summed E-state index contributed by atoms with van der Waals surface area (Å²) in [6, 6.07) is 8.75. The Hall–Kier alpha value is -3.14. The van der Waals surface area contributed by atoms with E-state index in [1.165, 1.54) is 6.20 Å². The normalized spacial score (nSPS) is 11.5. The molecule has 3 rings (SSSR count). The zero-order valence-corrected chi connectivity index (χ0v) is 18.6. The third kappa shape index (κ3) is 5.07. The van der Waals surface area contributed by atoms with Gasteiger partial charge in [0.25, 0.3) is 10.0 Å². The molecule has 0 aliphatic rings. The summed E-state index contributed by atoms with van der Waals surface area (Å²) in [5.41, 5.74) is 1.22. The smallest absolute Gasteiger partial charge is 0.280 e. The van der Waals surface area contributed by atoms with Crippen LogP contribution in [0, 0.1) is 6.92 Å². The summed E-state index contributed by atoms with van der Waals surface area (Å²) in [7, 11) is -1.98. The van der Waals surface area contributed by atoms with Gasteiger partial charge in [0.05, 0.1) is 0 Å². The highest BCUT2D eigenvalue weighted by Crippen LogP contribution is 2.22. The van der Waals surface area contributed by atoms with Crippen LogP contribution in [0.5, 0.6) is 0 Å². The highest BCUT2D eigenvalue weighted by molar-refractivity contribution is 7.92. The van der Waals surface area contributed by atoms with E-state index in [0.717, 1.165) is 18.1 Å². The summed E-state index contributed by atoms with van der Waals surface area (Å²) < 4.78 is 29.7. The van der Waals surface area contributed by atoms with Crippen molar-refractivity contribution in [3.05, 3.63) is 48.2 Å². The van der Waals surface area contributed by atoms with Crippen LogP contribution in [0.4, 0.5) is 23.0 Å². The third-order valence-corrected chi connectivity index (χ3v) is 5.54. The van der Waals surface area contributed by atoms with Gasteiger partial charge in [0.1, 0.15) is 23.3 Å². The molecule has 160 valence electrons. The lowest BCUT2D eigenvalue weighted by molar-refractivity contribution is 0.597. The van der Waals surface area contributed by atoms with E-state index < -0.39 is 10.0 Å². The molecule has 3 aromatic rings. The van der Waals surface area contributed by atoms with Crippen molar-refractivity contribution in [2.45, 2.75) is 38.6 Å². The van der Waals surface area contributed by atoms with Gasteiger partial charge in [0.15, 0.2) is 5.03 Å². The Bertz CT molecular complexity index is 1120. The van der Waals surface area contributed by atoms with Crippen molar-refractivity contribution < 1.29 is 8.42 Å². The lowest BCUT2D eigenvalue weighted by Crippen LogP contribution is -2.13.